The van der Waals surface area contributed by atoms with E-state index < -0.39 is 5.97 Å². The fraction of sp³-hybridized carbons (Fsp3) is 0.222. The summed E-state index contributed by atoms with van der Waals surface area (Å²) in [5.41, 5.74) is 2.09. The Balaban J connectivity index is 2.58. The van der Waals surface area contributed by atoms with Crippen LogP contribution < -0.4 is 0 Å². The number of nitrogens with zero attached hydrogens (tertiary/aromatic N) is 3. The van der Waals surface area contributed by atoms with Crippen molar-refractivity contribution in [1.29, 1.82) is 0 Å². The molecule has 0 aliphatic carbocycles. The Morgan fingerprint density at radius 1 is 1.50 bits per heavy atom. The summed E-state index contributed by atoms with van der Waals surface area (Å²) in [7, 11) is 1.71. The second kappa shape index (κ2) is 3.10. The summed E-state index contributed by atoms with van der Waals surface area (Å²) in [5, 5.41) is 16.9. The van der Waals surface area contributed by atoms with Gasteiger partial charge in [0.25, 0.3) is 0 Å². The van der Waals surface area contributed by atoms with Crippen LogP contribution in [-0.4, -0.2) is 26.1 Å². The smallest absolute Gasteiger partial charge is 0.307 e. The third-order valence-electron chi connectivity index (χ3n) is 1.94. The minimum Gasteiger partial charge on any atom is -0.481 e. The van der Waals surface area contributed by atoms with E-state index in [0.29, 0.717) is 11.1 Å². The van der Waals surface area contributed by atoms with Crippen molar-refractivity contribution < 1.29 is 9.90 Å². The van der Waals surface area contributed by atoms with Crippen molar-refractivity contribution in [2.24, 2.45) is 7.05 Å². The molecule has 0 saturated carbocycles. The zero-order chi connectivity index (χ0) is 10.1. The highest BCUT2D eigenvalue weighted by Crippen LogP contribution is 2.14. The number of aromatic nitrogens is 3. The van der Waals surface area contributed by atoms with Crippen molar-refractivity contribution in [3.8, 4) is 0 Å². The van der Waals surface area contributed by atoms with Gasteiger partial charge in [0, 0.05) is 7.05 Å². The molecule has 0 saturated heterocycles. The number of hydrogen-bond acceptors (Lipinski definition) is 3. The van der Waals surface area contributed by atoms with Crippen LogP contribution in [-0.2, 0) is 18.3 Å². The van der Waals surface area contributed by atoms with Gasteiger partial charge in [0.2, 0.25) is 0 Å². The maximum absolute atomic E-state index is 10.6. The molecule has 0 radical (unpaired) electrons. The number of carbonyl (C=O) groups is 1. The number of benzene rings is 1. The number of aryl methyl sites for hydroxylation is 1. The molecule has 0 atom stereocenters. The lowest BCUT2D eigenvalue weighted by Crippen LogP contribution is -2.00. The second-order valence-corrected chi connectivity index (χ2v) is 3.04. The fourth-order valence-electron chi connectivity index (χ4n) is 1.40. The van der Waals surface area contributed by atoms with Crippen molar-refractivity contribution in [2.75, 3.05) is 0 Å². The zero-order valence-electron chi connectivity index (χ0n) is 7.64. The van der Waals surface area contributed by atoms with Gasteiger partial charge in [0.05, 0.1) is 6.42 Å². The largest absolute Gasteiger partial charge is 0.481 e. The summed E-state index contributed by atoms with van der Waals surface area (Å²) in [6.07, 6.45) is -0.0178. The molecule has 5 nitrogen and oxygen atoms in total. The van der Waals surface area contributed by atoms with Crippen LogP contribution in [0.3, 0.4) is 0 Å². The average Bonchev–Trinajstić information content (AvgIpc) is 2.45. The molecule has 0 fully saturated rings. The Kier molecular flexibility index (Phi) is 1.92. The van der Waals surface area contributed by atoms with Crippen LogP contribution in [0.1, 0.15) is 5.56 Å². The van der Waals surface area contributed by atoms with Crippen molar-refractivity contribution in [3.05, 3.63) is 23.8 Å². The van der Waals surface area contributed by atoms with Gasteiger partial charge in [-0.2, -0.15) is 15.0 Å². The SMILES string of the molecule is Cn1nc2cccc(CC(=O)O)c2n1. The molecule has 1 aromatic carbocycles. The Bertz CT molecular complexity index is 490. The Hall–Kier alpha value is -1.91. The molecule has 14 heavy (non-hydrogen) atoms. The normalized spacial score (nSPS) is 10.6. The van der Waals surface area contributed by atoms with E-state index in [1.807, 2.05) is 6.07 Å². The zero-order valence-corrected chi connectivity index (χ0v) is 7.64. The lowest BCUT2D eigenvalue weighted by atomic mass is 10.1. The first kappa shape index (κ1) is 8.68. The monoisotopic (exact) mass is 191 g/mol. The molecular weight excluding hydrogens is 182 g/mol. The molecule has 2 aromatic rings. The van der Waals surface area contributed by atoms with E-state index in [1.165, 1.54) is 4.80 Å². The molecule has 0 aliphatic heterocycles. The number of fused-ring (bicyclic) bond motifs is 1. The van der Waals surface area contributed by atoms with Crippen LogP contribution in [0.2, 0.25) is 0 Å². The highest BCUT2D eigenvalue weighted by molar-refractivity contribution is 5.82. The molecule has 5 heteroatoms. The first-order chi connectivity index (χ1) is 6.66. The van der Waals surface area contributed by atoms with E-state index >= 15 is 0 Å². The van der Waals surface area contributed by atoms with Gasteiger partial charge in [-0.1, -0.05) is 12.1 Å². The molecule has 1 aromatic heterocycles. The van der Waals surface area contributed by atoms with Crippen LogP contribution in [0.25, 0.3) is 11.0 Å². The summed E-state index contributed by atoms with van der Waals surface area (Å²) in [4.78, 5) is 12.0. The van der Waals surface area contributed by atoms with Crippen LogP contribution in [0.4, 0.5) is 0 Å². The lowest BCUT2D eigenvalue weighted by molar-refractivity contribution is -0.136. The molecule has 1 N–H and O–H groups in total. The molecule has 0 unspecified atom stereocenters. The maximum atomic E-state index is 10.6. The predicted molar refractivity (Wildman–Crippen MR) is 49.8 cm³/mol. The van der Waals surface area contributed by atoms with Crippen molar-refractivity contribution in [1.82, 2.24) is 15.0 Å². The lowest BCUT2D eigenvalue weighted by Gasteiger charge is -1.95. The maximum Gasteiger partial charge on any atom is 0.307 e. The highest BCUT2D eigenvalue weighted by atomic mass is 16.4. The van der Waals surface area contributed by atoms with E-state index in [4.69, 9.17) is 5.11 Å². The minimum absolute atomic E-state index is 0.0178. The Morgan fingerprint density at radius 2 is 2.29 bits per heavy atom. The first-order valence-electron chi connectivity index (χ1n) is 4.17. The van der Waals surface area contributed by atoms with Crippen LogP contribution in [0.5, 0.6) is 0 Å². The van der Waals surface area contributed by atoms with E-state index in [1.54, 1.807) is 19.2 Å². The summed E-state index contributed by atoms with van der Waals surface area (Å²) in [6.45, 7) is 0. The summed E-state index contributed by atoms with van der Waals surface area (Å²) >= 11 is 0. The summed E-state index contributed by atoms with van der Waals surface area (Å²) in [5.74, 6) is -0.858. The van der Waals surface area contributed by atoms with Gasteiger partial charge in [-0.25, -0.2) is 0 Å². The number of rotatable bonds is 2. The third-order valence-corrected chi connectivity index (χ3v) is 1.94. The standard InChI is InChI=1S/C9H9N3O2/c1-12-10-7-4-2-3-6(5-8(13)14)9(7)11-12/h2-4H,5H2,1H3,(H,13,14). The molecule has 0 amide bonds. The quantitative estimate of drug-likeness (QED) is 0.754. The predicted octanol–water partition coefficient (Wildman–Crippen LogP) is 0.595. The summed E-state index contributed by atoms with van der Waals surface area (Å²) in [6, 6.07) is 5.36. The second-order valence-electron chi connectivity index (χ2n) is 3.04. The van der Waals surface area contributed by atoms with Crippen LogP contribution >= 0.6 is 0 Å². The molecular formula is C9H9N3O2. The molecule has 0 bridgehead atoms. The molecule has 2 rings (SSSR count). The van der Waals surface area contributed by atoms with Crippen LogP contribution in [0.15, 0.2) is 18.2 Å². The molecule has 0 spiro atoms. The van der Waals surface area contributed by atoms with Crippen molar-refractivity contribution in [3.63, 3.8) is 0 Å². The van der Waals surface area contributed by atoms with Gasteiger partial charge >= 0.3 is 5.97 Å². The topological polar surface area (TPSA) is 68.0 Å². The van der Waals surface area contributed by atoms with Crippen molar-refractivity contribution >= 4 is 17.0 Å². The minimum atomic E-state index is -0.858. The number of hydrogen-bond donors (Lipinski definition) is 1. The highest BCUT2D eigenvalue weighted by Gasteiger charge is 2.08. The number of aliphatic carboxylic acids is 1. The number of carboxylic acids is 1. The van der Waals surface area contributed by atoms with Gasteiger partial charge in [-0.15, -0.1) is 0 Å². The molecule has 0 aliphatic rings. The Labute approximate surface area is 80.0 Å². The molecule has 72 valence electrons. The van der Waals surface area contributed by atoms with E-state index in [2.05, 4.69) is 10.2 Å². The third kappa shape index (κ3) is 1.44. The first-order valence-corrected chi connectivity index (χ1v) is 4.17. The fourth-order valence-corrected chi connectivity index (χ4v) is 1.40. The van der Waals surface area contributed by atoms with Crippen LogP contribution in [0, 0.1) is 0 Å². The van der Waals surface area contributed by atoms with E-state index in [9.17, 15) is 4.79 Å². The number of carboxylic acid groups (broad SMARTS) is 1. The van der Waals surface area contributed by atoms with E-state index in [-0.39, 0.29) is 6.42 Å². The summed E-state index contributed by atoms with van der Waals surface area (Å²) < 4.78 is 0. The van der Waals surface area contributed by atoms with Crippen molar-refractivity contribution in [2.45, 2.75) is 6.42 Å². The Morgan fingerprint density at radius 3 is 3.00 bits per heavy atom. The van der Waals surface area contributed by atoms with Gasteiger partial charge in [-0.05, 0) is 11.6 Å². The van der Waals surface area contributed by atoms with Gasteiger partial charge < -0.3 is 5.11 Å². The van der Waals surface area contributed by atoms with Gasteiger partial charge in [-0.3, -0.25) is 4.79 Å². The van der Waals surface area contributed by atoms with Gasteiger partial charge in [0.1, 0.15) is 11.0 Å². The van der Waals surface area contributed by atoms with E-state index in [0.717, 1.165) is 5.52 Å². The van der Waals surface area contributed by atoms with Gasteiger partial charge in [0.15, 0.2) is 0 Å². The average molecular weight is 191 g/mol. The molecule has 1 heterocycles.